The fourth-order valence-electron chi connectivity index (χ4n) is 3.47. The van der Waals surface area contributed by atoms with Crippen molar-refractivity contribution in [1.29, 1.82) is 0 Å². The third-order valence-corrected chi connectivity index (χ3v) is 7.11. The van der Waals surface area contributed by atoms with Crippen molar-refractivity contribution in [2.45, 2.75) is 37.2 Å². The van der Waals surface area contributed by atoms with Crippen molar-refractivity contribution in [2.24, 2.45) is 5.92 Å². The quantitative estimate of drug-likeness (QED) is 0.375. The average Bonchev–Trinajstić information content (AvgIpc) is 3.51. The van der Waals surface area contributed by atoms with Crippen LogP contribution in [0.2, 0.25) is 0 Å². The highest BCUT2D eigenvalue weighted by Crippen LogP contribution is 2.37. The van der Waals surface area contributed by atoms with Crippen molar-refractivity contribution in [2.75, 3.05) is 7.11 Å². The minimum Gasteiger partial charge on any atom is -0.497 e. The fourth-order valence-corrected chi connectivity index (χ4v) is 5.20. The molecule has 0 radical (unpaired) electrons. The summed E-state index contributed by atoms with van der Waals surface area (Å²) in [6, 6.07) is 9.72. The van der Waals surface area contributed by atoms with Gasteiger partial charge in [-0.2, -0.15) is 4.98 Å². The van der Waals surface area contributed by atoms with Crippen LogP contribution in [0, 0.1) is 5.92 Å². The standard InChI is InChI=1S/C21H20N4O3S2/c1-12-3-8-16-14(9-12)10-17(30-16)20-23-24-21(27-20)29-11-18-22-19(25-28-18)13-4-6-15(26-2)7-5-13/h4-7,10,12H,3,8-9,11H2,1-2H3. The first-order chi connectivity index (χ1) is 14.7. The molecule has 3 heterocycles. The molecule has 1 aliphatic carbocycles. The fraction of sp³-hybridized carbons (Fsp3) is 0.333. The number of benzene rings is 1. The van der Waals surface area contributed by atoms with Gasteiger partial charge in [0.2, 0.25) is 11.7 Å². The maximum Gasteiger partial charge on any atom is 0.277 e. The Morgan fingerprint density at radius 1 is 1.23 bits per heavy atom. The van der Waals surface area contributed by atoms with Gasteiger partial charge in [0.25, 0.3) is 11.1 Å². The van der Waals surface area contributed by atoms with Crippen molar-refractivity contribution < 1.29 is 13.7 Å². The van der Waals surface area contributed by atoms with E-state index in [2.05, 4.69) is 33.3 Å². The van der Waals surface area contributed by atoms with Crippen LogP contribution in [0.4, 0.5) is 0 Å². The van der Waals surface area contributed by atoms with Crippen LogP contribution in [0.1, 0.15) is 29.7 Å². The molecule has 0 aliphatic heterocycles. The molecule has 1 aliphatic rings. The van der Waals surface area contributed by atoms with Gasteiger partial charge >= 0.3 is 0 Å². The van der Waals surface area contributed by atoms with Gasteiger partial charge in [-0.25, -0.2) is 0 Å². The molecule has 0 amide bonds. The molecule has 0 N–H and O–H groups in total. The first-order valence-electron chi connectivity index (χ1n) is 9.73. The number of nitrogens with zero attached hydrogens (tertiary/aromatic N) is 4. The maximum atomic E-state index is 5.86. The van der Waals surface area contributed by atoms with E-state index in [1.54, 1.807) is 18.4 Å². The van der Waals surface area contributed by atoms with Crippen LogP contribution in [0.25, 0.3) is 22.2 Å². The molecule has 0 saturated heterocycles. The molecule has 154 valence electrons. The van der Waals surface area contributed by atoms with E-state index in [-0.39, 0.29) is 0 Å². The van der Waals surface area contributed by atoms with Gasteiger partial charge in [0.15, 0.2) is 0 Å². The molecule has 0 spiro atoms. The van der Waals surface area contributed by atoms with E-state index in [1.807, 2.05) is 24.3 Å². The Bertz CT molecular complexity index is 1150. The van der Waals surface area contributed by atoms with E-state index in [0.29, 0.717) is 28.6 Å². The lowest BCUT2D eigenvalue weighted by atomic mass is 9.90. The monoisotopic (exact) mass is 440 g/mol. The summed E-state index contributed by atoms with van der Waals surface area (Å²) >= 11 is 3.15. The normalized spacial score (nSPS) is 15.9. The summed E-state index contributed by atoms with van der Waals surface area (Å²) < 4.78 is 16.4. The van der Waals surface area contributed by atoms with Gasteiger partial charge in [0.05, 0.1) is 17.7 Å². The minimum atomic E-state index is 0.462. The van der Waals surface area contributed by atoms with Crippen LogP contribution in [0.15, 0.2) is 44.5 Å². The minimum absolute atomic E-state index is 0.462. The highest BCUT2D eigenvalue weighted by Gasteiger charge is 2.21. The van der Waals surface area contributed by atoms with Crippen LogP contribution < -0.4 is 4.74 Å². The van der Waals surface area contributed by atoms with Crippen LogP contribution in [-0.4, -0.2) is 27.4 Å². The molecule has 4 aromatic rings. The van der Waals surface area contributed by atoms with Crippen molar-refractivity contribution in [3.8, 4) is 27.9 Å². The highest BCUT2D eigenvalue weighted by atomic mass is 32.2. The van der Waals surface area contributed by atoms with Crippen molar-refractivity contribution in [3.05, 3.63) is 46.7 Å². The number of ether oxygens (including phenoxy) is 1. The van der Waals surface area contributed by atoms with E-state index in [0.717, 1.165) is 34.9 Å². The Morgan fingerprint density at radius 2 is 2.10 bits per heavy atom. The second kappa shape index (κ2) is 8.23. The number of rotatable bonds is 6. The molecule has 3 aromatic heterocycles. The molecule has 9 heteroatoms. The number of fused-ring (bicyclic) bond motifs is 1. The number of thiophene rings is 1. The van der Waals surface area contributed by atoms with E-state index in [9.17, 15) is 0 Å². The summed E-state index contributed by atoms with van der Waals surface area (Å²) in [5, 5.41) is 12.9. The zero-order valence-corrected chi connectivity index (χ0v) is 18.3. The Balaban J connectivity index is 1.24. The lowest BCUT2D eigenvalue weighted by molar-refractivity contribution is 0.391. The number of aromatic nitrogens is 4. The third-order valence-electron chi connectivity index (χ3n) is 5.08. The third kappa shape index (κ3) is 3.99. The van der Waals surface area contributed by atoms with Crippen molar-refractivity contribution in [1.82, 2.24) is 20.3 Å². The lowest BCUT2D eigenvalue weighted by Crippen LogP contribution is -2.07. The topological polar surface area (TPSA) is 87.1 Å². The first kappa shape index (κ1) is 19.3. The van der Waals surface area contributed by atoms with Crippen molar-refractivity contribution >= 4 is 23.1 Å². The van der Waals surface area contributed by atoms with Crippen molar-refractivity contribution in [3.63, 3.8) is 0 Å². The molecule has 0 bridgehead atoms. The molecule has 0 saturated carbocycles. The molecule has 1 aromatic carbocycles. The van der Waals surface area contributed by atoms with Gasteiger partial charge in [-0.3, -0.25) is 0 Å². The van der Waals surface area contributed by atoms with Crippen LogP contribution >= 0.6 is 23.1 Å². The summed E-state index contributed by atoms with van der Waals surface area (Å²) in [4.78, 5) is 6.94. The van der Waals surface area contributed by atoms with Crippen LogP contribution in [0.5, 0.6) is 5.75 Å². The van der Waals surface area contributed by atoms with Gasteiger partial charge in [0, 0.05) is 10.4 Å². The predicted molar refractivity (Wildman–Crippen MR) is 115 cm³/mol. The molecule has 1 unspecified atom stereocenters. The highest BCUT2D eigenvalue weighted by molar-refractivity contribution is 7.98. The predicted octanol–water partition coefficient (Wildman–Crippen LogP) is 5.27. The molecule has 7 nitrogen and oxygen atoms in total. The lowest BCUT2D eigenvalue weighted by Gasteiger charge is -2.16. The maximum absolute atomic E-state index is 5.86. The van der Waals surface area contributed by atoms with Gasteiger partial charge in [-0.15, -0.1) is 21.5 Å². The van der Waals surface area contributed by atoms with E-state index < -0.39 is 0 Å². The number of hydrogen-bond donors (Lipinski definition) is 0. The van der Waals surface area contributed by atoms with E-state index in [4.69, 9.17) is 13.7 Å². The number of aryl methyl sites for hydroxylation is 1. The molecular weight excluding hydrogens is 420 g/mol. The summed E-state index contributed by atoms with van der Waals surface area (Å²) in [5.74, 6) is 3.61. The van der Waals surface area contributed by atoms with E-state index in [1.165, 1.54) is 28.6 Å². The van der Waals surface area contributed by atoms with Gasteiger partial charge in [-0.1, -0.05) is 23.8 Å². The van der Waals surface area contributed by atoms with Gasteiger partial charge in [-0.05, 0) is 61.1 Å². The first-order valence-corrected chi connectivity index (χ1v) is 11.5. The SMILES string of the molecule is COc1ccc(-c2noc(CSc3nnc(-c4cc5c(s4)CCC(C)C5)o3)n2)cc1. The van der Waals surface area contributed by atoms with E-state index >= 15 is 0 Å². The van der Waals surface area contributed by atoms with Crippen LogP contribution in [0.3, 0.4) is 0 Å². The Labute approximate surface area is 181 Å². The number of hydrogen-bond acceptors (Lipinski definition) is 9. The average molecular weight is 441 g/mol. The van der Waals surface area contributed by atoms with Gasteiger partial charge in [0.1, 0.15) is 5.75 Å². The van der Waals surface area contributed by atoms with Crippen LogP contribution in [-0.2, 0) is 18.6 Å². The number of methoxy groups -OCH3 is 1. The number of thioether (sulfide) groups is 1. The molecule has 30 heavy (non-hydrogen) atoms. The summed E-state index contributed by atoms with van der Waals surface area (Å²) in [6.07, 6.45) is 3.53. The zero-order valence-electron chi connectivity index (χ0n) is 16.6. The van der Waals surface area contributed by atoms with Gasteiger partial charge < -0.3 is 13.7 Å². The second-order valence-corrected chi connectivity index (χ2v) is 9.37. The molecule has 1 atom stereocenters. The molecule has 5 rings (SSSR count). The smallest absolute Gasteiger partial charge is 0.277 e. The Morgan fingerprint density at radius 3 is 2.93 bits per heavy atom. The zero-order chi connectivity index (χ0) is 20.5. The second-order valence-electron chi connectivity index (χ2n) is 7.31. The Hall–Kier alpha value is -2.65. The summed E-state index contributed by atoms with van der Waals surface area (Å²) in [7, 11) is 1.63. The largest absolute Gasteiger partial charge is 0.497 e. The summed E-state index contributed by atoms with van der Waals surface area (Å²) in [5.41, 5.74) is 2.30. The summed E-state index contributed by atoms with van der Waals surface area (Å²) in [6.45, 7) is 2.30. The molecule has 0 fully saturated rings. The molecular formula is C21H20N4O3S2. The Kier molecular flexibility index (Phi) is 5.30.